The summed E-state index contributed by atoms with van der Waals surface area (Å²) < 4.78 is 5.96. The lowest BCUT2D eigenvalue weighted by Gasteiger charge is -2.55. The van der Waals surface area contributed by atoms with Gasteiger partial charge in [-0.15, -0.1) is 23.1 Å². The fourth-order valence-electron chi connectivity index (χ4n) is 5.17. The molecular formula is C21H31NO4S3. The maximum absolute atomic E-state index is 11.5. The number of nitrogens with two attached hydrogens (primary N) is 1. The summed E-state index contributed by atoms with van der Waals surface area (Å²) in [6.07, 6.45) is 7.45. The maximum atomic E-state index is 11.5. The zero-order valence-corrected chi connectivity index (χ0v) is 19.3. The number of esters is 1. The number of carbonyl (C=O) groups excluding carboxylic acids is 1. The molecule has 29 heavy (non-hydrogen) atoms. The Bertz CT molecular complexity index is 659. The Morgan fingerprint density at radius 1 is 1.31 bits per heavy atom. The number of hydrogen-bond acceptors (Lipinski definition) is 7. The van der Waals surface area contributed by atoms with Crippen LogP contribution in [-0.4, -0.2) is 40.2 Å². The molecule has 4 fully saturated rings. The molecule has 2 atom stereocenters. The van der Waals surface area contributed by atoms with Gasteiger partial charge < -0.3 is 15.6 Å². The van der Waals surface area contributed by atoms with E-state index in [1.54, 1.807) is 6.92 Å². The first-order valence-electron chi connectivity index (χ1n) is 10.3. The Hall–Kier alpha value is -0.700. The second-order valence-electron chi connectivity index (χ2n) is 8.87. The van der Waals surface area contributed by atoms with Gasteiger partial charge in [-0.05, 0) is 67.7 Å². The second-order valence-corrected chi connectivity index (χ2v) is 11.5. The standard InChI is InChI=1S/C11H14O4S3.C10H17N/c1-7(5-16)11(14)15-8(10(12)13)6-18-9-3-2-4-17-9;11-10-4-7-1-8(5-10)3-9(2-7)6-10/h2-4,7-8,16H,5-6H2,1H3,(H,12,13);7-9H,1-6,11H2/t7-,8+;/m1./s1. The van der Waals surface area contributed by atoms with Gasteiger partial charge in [0.1, 0.15) is 0 Å². The average molecular weight is 458 g/mol. The van der Waals surface area contributed by atoms with Crippen LogP contribution in [0.25, 0.3) is 0 Å². The lowest BCUT2D eigenvalue weighted by atomic mass is 9.53. The van der Waals surface area contributed by atoms with Crippen molar-refractivity contribution in [2.24, 2.45) is 29.4 Å². The number of rotatable bonds is 7. The van der Waals surface area contributed by atoms with Crippen LogP contribution in [0, 0.1) is 23.7 Å². The lowest BCUT2D eigenvalue weighted by Crippen LogP contribution is -2.55. The Kier molecular flexibility index (Phi) is 7.98. The number of carbonyl (C=O) groups is 2. The van der Waals surface area contributed by atoms with E-state index in [9.17, 15) is 9.59 Å². The minimum atomic E-state index is -1.13. The maximum Gasteiger partial charge on any atom is 0.345 e. The number of carboxylic acids is 1. The SMILES string of the molecule is C[C@H](CS)C(=O)O[C@@H](CSc1cccs1)C(=O)O.NC12CC3CC(CC(C3)C1)C2. The van der Waals surface area contributed by atoms with Gasteiger partial charge in [-0.3, -0.25) is 4.79 Å². The third-order valence-electron chi connectivity index (χ3n) is 6.17. The fraction of sp³-hybridized carbons (Fsp3) is 0.714. The minimum Gasteiger partial charge on any atom is -0.478 e. The molecule has 4 bridgehead atoms. The summed E-state index contributed by atoms with van der Waals surface area (Å²) in [5, 5.41) is 10.9. The fourth-order valence-corrected chi connectivity index (χ4v) is 7.11. The zero-order chi connectivity index (χ0) is 21.0. The van der Waals surface area contributed by atoms with Crippen LogP contribution in [0.4, 0.5) is 0 Å². The van der Waals surface area contributed by atoms with Crippen molar-refractivity contribution in [2.45, 2.75) is 61.3 Å². The molecule has 162 valence electrons. The van der Waals surface area contributed by atoms with E-state index in [-0.39, 0.29) is 5.75 Å². The molecule has 4 saturated carbocycles. The molecule has 0 aliphatic heterocycles. The molecule has 4 aliphatic rings. The van der Waals surface area contributed by atoms with Gasteiger partial charge in [-0.1, -0.05) is 13.0 Å². The number of ether oxygens (including phenoxy) is 1. The molecule has 1 aromatic rings. The summed E-state index contributed by atoms with van der Waals surface area (Å²) in [5.41, 5.74) is 6.62. The molecule has 0 amide bonds. The Morgan fingerprint density at radius 2 is 1.90 bits per heavy atom. The second kappa shape index (κ2) is 10.1. The van der Waals surface area contributed by atoms with Gasteiger partial charge in [0.05, 0.1) is 10.1 Å². The van der Waals surface area contributed by atoms with E-state index in [4.69, 9.17) is 15.6 Å². The number of hydrogen-bond donors (Lipinski definition) is 3. The number of carboxylic acid groups (broad SMARTS) is 1. The normalized spacial score (nSPS) is 31.5. The van der Waals surface area contributed by atoms with Crippen LogP contribution in [0.1, 0.15) is 45.4 Å². The molecule has 0 unspecified atom stereocenters. The molecule has 3 N–H and O–H groups in total. The van der Waals surface area contributed by atoms with Crippen molar-refractivity contribution in [1.82, 2.24) is 0 Å². The third-order valence-corrected chi connectivity index (χ3v) is 8.91. The van der Waals surface area contributed by atoms with Crippen LogP contribution < -0.4 is 5.73 Å². The van der Waals surface area contributed by atoms with Gasteiger partial charge in [0, 0.05) is 17.0 Å². The lowest BCUT2D eigenvalue weighted by molar-refractivity contribution is -0.164. The zero-order valence-electron chi connectivity index (χ0n) is 16.8. The minimum absolute atomic E-state index is 0.209. The molecule has 1 heterocycles. The van der Waals surface area contributed by atoms with Crippen LogP contribution in [-0.2, 0) is 14.3 Å². The van der Waals surface area contributed by atoms with E-state index in [2.05, 4.69) is 12.6 Å². The first-order chi connectivity index (χ1) is 13.8. The molecule has 1 aromatic heterocycles. The first-order valence-corrected chi connectivity index (χ1v) is 12.8. The van der Waals surface area contributed by atoms with Crippen LogP contribution in [0.5, 0.6) is 0 Å². The van der Waals surface area contributed by atoms with E-state index in [0.717, 1.165) is 22.0 Å². The highest BCUT2D eigenvalue weighted by Gasteiger charge is 2.48. The predicted octanol–water partition coefficient (Wildman–Crippen LogP) is 4.32. The van der Waals surface area contributed by atoms with Crippen molar-refractivity contribution in [2.75, 3.05) is 11.5 Å². The van der Waals surface area contributed by atoms with Gasteiger partial charge in [0.2, 0.25) is 6.10 Å². The third kappa shape index (κ3) is 6.39. The average Bonchev–Trinajstić information content (AvgIpc) is 3.16. The van der Waals surface area contributed by atoms with Crippen molar-refractivity contribution in [3.63, 3.8) is 0 Å². The highest BCUT2D eigenvalue weighted by atomic mass is 32.2. The van der Waals surface area contributed by atoms with E-state index >= 15 is 0 Å². The van der Waals surface area contributed by atoms with E-state index < -0.39 is 24.0 Å². The summed E-state index contributed by atoms with van der Waals surface area (Å²) >= 11 is 6.87. The molecular weight excluding hydrogens is 426 g/mol. The summed E-state index contributed by atoms with van der Waals surface area (Å²) in [5.74, 6) is 1.55. The summed E-state index contributed by atoms with van der Waals surface area (Å²) in [6.45, 7) is 1.65. The largest absolute Gasteiger partial charge is 0.478 e. The van der Waals surface area contributed by atoms with Crippen LogP contribution >= 0.6 is 35.7 Å². The predicted molar refractivity (Wildman–Crippen MR) is 121 cm³/mol. The van der Waals surface area contributed by atoms with Gasteiger partial charge in [-0.2, -0.15) is 12.6 Å². The monoisotopic (exact) mass is 457 g/mol. The highest BCUT2D eigenvalue weighted by Crippen LogP contribution is 2.54. The van der Waals surface area contributed by atoms with Crippen molar-refractivity contribution in [3.8, 4) is 0 Å². The molecule has 5 nitrogen and oxygen atoms in total. The van der Waals surface area contributed by atoms with Gasteiger partial charge >= 0.3 is 11.9 Å². The summed E-state index contributed by atoms with van der Waals surface area (Å²) in [6, 6.07) is 3.78. The van der Waals surface area contributed by atoms with Crippen molar-refractivity contribution in [1.29, 1.82) is 0 Å². The molecule has 4 aliphatic carbocycles. The van der Waals surface area contributed by atoms with Crippen LogP contribution in [0.2, 0.25) is 0 Å². The van der Waals surface area contributed by atoms with Crippen molar-refractivity contribution in [3.05, 3.63) is 17.5 Å². The molecule has 0 radical (unpaired) electrons. The van der Waals surface area contributed by atoms with Crippen molar-refractivity contribution < 1.29 is 19.4 Å². The van der Waals surface area contributed by atoms with E-state index in [1.165, 1.54) is 61.6 Å². The molecule has 5 rings (SSSR count). The summed E-state index contributed by atoms with van der Waals surface area (Å²) in [7, 11) is 0. The van der Waals surface area contributed by atoms with Gasteiger partial charge in [0.15, 0.2) is 0 Å². The van der Waals surface area contributed by atoms with Crippen molar-refractivity contribution >= 4 is 47.7 Å². The number of thiol groups is 1. The topological polar surface area (TPSA) is 89.6 Å². The highest BCUT2D eigenvalue weighted by molar-refractivity contribution is 8.01. The Morgan fingerprint density at radius 3 is 2.31 bits per heavy atom. The Balaban J connectivity index is 0.000000183. The Labute approximate surface area is 186 Å². The first kappa shape index (κ1) is 23.0. The molecule has 0 saturated heterocycles. The molecule has 8 heteroatoms. The van der Waals surface area contributed by atoms with Crippen LogP contribution in [0.15, 0.2) is 21.7 Å². The van der Waals surface area contributed by atoms with Gasteiger partial charge in [0.25, 0.3) is 0 Å². The van der Waals surface area contributed by atoms with Gasteiger partial charge in [-0.25, -0.2) is 4.79 Å². The quantitative estimate of drug-likeness (QED) is 0.321. The number of thioether (sulfide) groups is 1. The number of aliphatic carboxylic acids is 1. The number of thiophene rings is 1. The van der Waals surface area contributed by atoms with E-state index in [0.29, 0.717) is 11.3 Å². The summed E-state index contributed by atoms with van der Waals surface area (Å²) in [4.78, 5) is 22.5. The van der Waals surface area contributed by atoms with E-state index in [1.807, 2.05) is 17.5 Å². The molecule has 0 spiro atoms. The molecule has 0 aromatic carbocycles. The van der Waals surface area contributed by atoms with Crippen LogP contribution in [0.3, 0.4) is 0 Å². The smallest absolute Gasteiger partial charge is 0.345 e.